The van der Waals surface area contributed by atoms with E-state index in [0.29, 0.717) is 36.9 Å². The monoisotopic (exact) mass is 464 g/mol. The lowest BCUT2D eigenvalue weighted by Crippen LogP contribution is -2.49. The lowest BCUT2D eigenvalue weighted by atomic mass is 10.2. The highest BCUT2D eigenvalue weighted by Crippen LogP contribution is 2.31. The van der Waals surface area contributed by atoms with Crippen LogP contribution in [0, 0.1) is 13.8 Å². The van der Waals surface area contributed by atoms with E-state index in [0.717, 1.165) is 32.7 Å². The van der Waals surface area contributed by atoms with Gasteiger partial charge in [-0.1, -0.05) is 35.9 Å². The third-order valence-electron chi connectivity index (χ3n) is 5.81. The van der Waals surface area contributed by atoms with Gasteiger partial charge in [0.05, 0.1) is 15.3 Å². The fourth-order valence-corrected chi connectivity index (χ4v) is 6.47. The molecule has 2 aromatic carbocycles. The molecule has 4 aromatic rings. The fraction of sp³-hybridized carbons (Fsp3) is 0.250. The number of para-hydroxylation sites is 1. The number of fused-ring (bicyclic) bond motifs is 1. The molecule has 0 N–H and O–H groups in total. The highest BCUT2D eigenvalue weighted by molar-refractivity contribution is 7.89. The Morgan fingerprint density at radius 1 is 0.906 bits per heavy atom. The summed E-state index contributed by atoms with van der Waals surface area (Å²) in [6.07, 6.45) is 0. The van der Waals surface area contributed by atoms with Crippen molar-refractivity contribution in [3.05, 3.63) is 71.1 Å². The summed E-state index contributed by atoms with van der Waals surface area (Å²) in [6.45, 7) is 5.82. The maximum atomic E-state index is 13.3. The van der Waals surface area contributed by atoms with Gasteiger partial charge in [0.15, 0.2) is 5.82 Å². The van der Waals surface area contributed by atoms with Gasteiger partial charge in [0.1, 0.15) is 5.82 Å². The summed E-state index contributed by atoms with van der Waals surface area (Å²) in [5.41, 5.74) is 2.74. The Labute approximate surface area is 192 Å². The topological polar surface area (TPSA) is 66.4 Å². The maximum Gasteiger partial charge on any atom is 0.243 e. The molecule has 8 heteroatoms. The van der Waals surface area contributed by atoms with E-state index in [1.165, 1.54) is 0 Å². The molecule has 0 aliphatic carbocycles. The Kier molecular flexibility index (Phi) is 5.44. The van der Waals surface area contributed by atoms with E-state index in [2.05, 4.69) is 4.90 Å². The summed E-state index contributed by atoms with van der Waals surface area (Å²) in [5, 5.41) is 3.00. The van der Waals surface area contributed by atoms with Crippen LogP contribution in [0.3, 0.4) is 0 Å². The Bertz CT molecular complexity index is 1380. The predicted molar refractivity (Wildman–Crippen MR) is 130 cm³/mol. The van der Waals surface area contributed by atoms with Gasteiger partial charge in [0, 0.05) is 31.6 Å². The van der Waals surface area contributed by atoms with Crippen LogP contribution < -0.4 is 4.90 Å². The third kappa shape index (κ3) is 3.79. The normalized spacial score (nSPS) is 15.4. The zero-order valence-corrected chi connectivity index (χ0v) is 19.7. The second-order valence-corrected chi connectivity index (χ2v) is 10.9. The van der Waals surface area contributed by atoms with Crippen molar-refractivity contribution in [2.45, 2.75) is 18.7 Å². The molecule has 0 amide bonds. The molecule has 0 saturated carbocycles. The highest BCUT2D eigenvalue weighted by Gasteiger charge is 2.30. The standard InChI is InChI=1S/C24H24N4O2S2/c1-17-9-10-22(18(2)16-17)32(29,30)28-13-11-27(12-14-28)24-19-6-3-4-7-20(19)25-23(26-24)21-8-5-15-31-21/h3-10,15-16H,11-14H2,1-2H3. The van der Waals surface area contributed by atoms with Crippen LogP contribution in [0.2, 0.25) is 0 Å². The maximum absolute atomic E-state index is 13.3. The largest absolute Gasteiger partial charge is 0.353 e. The Hall–Kier alpha value is -2.81. The van der Waals surface area contributed by atoms with Crippen molar-refractivity contribution in [3.63, 3.8) is 0 Å². The van der Waals surface area contributed by atoms with Crippen LogP contribution in [0.5, 0.6) is 0 Å². The molecule has 1 aliphatic heterocycles. The second-order valence-electron chi connectivity index (χ2n) is 8.03. The van der Waals surface area contributed by atoms with Crippen LogP contribution in [0.25, 0.3) is 21.6 Å². The molecular formula is C24H24N4O2S2. The summed E-state index contributed by atoms with van der Waals surface area (Å²) in [6, 6.07) is 17.5. The number of nitrogens with zero attached hydrogens (tertiary/aromatic N) is 4. The van der Waals surface area contributed by atoms with E-state index < -0.39 is 10.0 Å². The highest BCUT2D eigenvalue weighted by atomic mass is 32.2. The predicted octanol–water partition coefficient (Wildman–Crippen LogP) is 4.49. The molecule has 32 heavy (non-hydrogen) atoms. The number of aromatic nitrogens is 2. The molecule has 1 saturated heterocycles. The van der Waals surface area contributed by atoms with Gasteiger partial charge in [-0.15, -0.1) is 11.3 Å². The zero-order chi connectivity index (χ0) is 22.3. The summed E-state index contributed by atoms with van der Waals surface area (Å²) < 4.78 is 28.1. The SMILES string of the molecule is Cc1ccc(S(=O)(=O)N2CCN(c3nc(-c4cccs4)nc4ccccc34)CC2)c(C)c1. The number of thiophene rings is 1. The molecular weight excluding hydrogens is 440 g/mol. The average molecular weight is 465 g/mol. The van der Waals surface area contributed by atoms with E-state index >= 15 is 0 Å². The van der Waals surface area contributed by atoms with Crippen LogP contribution >= 0.6 is 11.3 Å². The number of anilines is 1. The molecule has 1 fully saturated rings. The van der Waals surface area contributed by atoms with Crippen molar-refractivity contribution in [1.82, 2.24) is 14.3 Å². The number of sulfonamides is 1. The number of piperazine rings is 1. The van der Waals surface area contributed by atoms with E-state index in [-0.39, 0.29) is 0 Å². The van der Waals surface area contributed by atoms with Gasteiger partial charge in [-0.25, -0.2) is 18.4 Å². The van der Waals surface area contributed by atoms with Crippen molar-refractivity contribution in [2.24, 2.45) is 0 Å². The molecule has 0 radical (unpaired) electrons. The number of benzene rings is 2. The van der Waals surface area contributed by atoms with Crippen LogP contribution in [0.1, 0.15) is 11.1 Å². The van der Waals surface area contributed by atoms with Crippen LogP contribution in [0.15, 0.2) is 64.9 Å². The number of rotatable bonds is 4. The molecule has 164 valence electrons. The van der Waals surface area contributed by atoms with Gasteiger partial charge < -0.3 is 4.90 Å². The molecule has 0 spiro atoms. The molecule has 3 heterocycles. The molecule has 6 nitrogen and oxygen atoms in total. The molecule has 0 unspecified atom stereocenters. The lowest BCUT2D eigenvalue weighted by molar-refractivity contribution is 0.384. The number of hydrogen-bond acceptors (Lipinski definition) is 6. The Morgan fingerprint density at radius 3 is 2.41 bits per heavy atom. The zero-order valence-electron chi connectivity index (χ0n) is 18.0. The molecule has 5 rings (SSSR count). The first-order valence-electron chi connectivity index (χ1n) is 10.6. The lowest BCUT2D eigenvalue weighted by Gasteiger charge is -2.35. The average Bonchev–Trinajstić information content (AvgIpc) is 3.33. The molecule has 0 atom stereocenters. The van der Waals surface area contributed by atoms with Gasteiger partial charge in [-0.2, -0.15) is 4.31 Å². The minimum Gasteiger partial charge on any atom is -0.353 e. The first kappa shape index (κ1) is 21.1. The van der Waals surface area contributed by atoms with Crippen molar-refractivity contribution < 1.29 is 8.42 Å². The van der Waals surface area contributed by atoms with Crippen molar-refractivity contribution in [3.8, 4) is 10.7 Å². The summed E-state index contributed by atoms with van der Waals surface area (Å²) in [7, 11) is -3.53. The second kappa shape index (κ2) is 8.27. The van der Waals surface area contributed by atoms with Crippen LogP contribution in [0.4, 0.5) is 5.82 Å². The quantitative estimate of drug-likeness (QED) is 0.445. The van der Waals surface area contributed by atoms with Crippen molar-refractivity contribution in [1.29, 1.82) is 0 Å². The van der Waals surface area contributed by atoms with E-state index in [1.807, 2.05) is 67.8 Å². The van der Waals surface area contributed by atoms with Crippen molar-refractivity contribution in [2.75, 3.05) is 31.1 Å². The summed E-state index contributed by atoms with van der Waals surface area (Å²) >= 11 is 1.61. The van der Waals surface area contributed by atoms with Gasteiger partial charge in [0.2, 0.25) is 10.0 Å². The summed E-state index contributed by atoms with van der Waals surface area (Å²) in [5.74, 6) is 1.57. The number of hydrogen-bond donors (Lipinski definition) is 0. The minimum absolute atomic E-state index is 0.393. The molecule has 0 bridgehead atoms. The van der Waals surface area contributed by atoms with Gasteiger partial charge in [-0.05, 0) is 49.1 Å². The first-order valence-corrected chi connectivity index (χ1v) is 12.9. The third-order valence-corrected chi connectivity index (χ3v) is 8.74. The Balaban J connectivity index is 1.44. The Morgan fingerprint density at radius 2 is 1.69 bits per heavy atom. The summed E-state index contributed by atoms with van der Waals surface area (Å²) in [4.78, 5) is 13.2. The van der Waals surface area contributed by atoms with E-state index in [1.54, 1.807) is 21.7 Å². The van der Waals surface area contributed by atoms with E-state index in [4.69, 9.17) is 9.97 Å². The van der Waals surface area contributed by atoms with E-state index in [9.17, 15) is 8.42 Å². The molecule has 1 aliphatic rings. The van der Waals surface area contributed by atoms with Gasteiger partial charge >= 0.3 is 0 Å². The minimum atomic E-state index is -3.53. The van der Waals surface area contributed by atoms with Gasteiger partial charge in [-0.3, -0.25) is 0 Å². The van der Waals surface area contributed by atoms with Gasteiger partial charge in [0.25, 0.3) is 0 Å². The smallest absolute Gasteiger partial charge is 0.243 e. The first-order chi connectivity index (χ1) is 15.4. The fourth-order valence-electron chi connectivity index (χ4n) is 4.18. The molecule has 2 aromatic heterocycles. The van der Waals surface area contributed by atoms with Crippen molar-refractivity contribution >= 4 is 38.1 Å². The number of aryl methyl sites for hydroxylation is 2. The van der Waals surface area contributed by atoms with Crippen LogP contribution in [-0.2, 0) is 10.0 Å². The van der Waals surface area contributed by atoms with Crippen LogP contribution in [-0.4, -0.2) is 48.9 Å².